The minimum absolute atomic E-state index is 0.136. The Labute approximate surface area is 122 Å². The first-order valence-corrected chi connectivity index (χ1v) is 6.63. The van der Waals surface area contributed by atoms with E-state index in [-0.39, 0.29) is 25.3 Å². The van der Waals surface area contributed by atoms with Crippen LogP contribution in [0, 0.1) is 0 Å². The summed E-state index contributed by atoms with van der Waals surface area (Å²) in [6.07, 6.45) is -4.41. The molecule has 1 aromatic carbocycles. The van der Waals surface area contributed by atoms with Gasteiger partial charge < -0.3 is 20.1 Å². The van der Waals surface area contributed by atoms with Crippen molar-refractivity contribution in [2.24, 2.45) is 0 Å². The minimum Gasteiger partial charge on any atom is -0.395 e. The second-order valence-corrected chi connectivity index (χ2v) is 4.57. The Morgan fingerprint density at radius 3 is 2.52 bits per heavy atom. The van der Waals surface area contributed by atoms with Crippen LogP contribution in [0.4, 0.5) is 18.9 Å². The zero-order valence-electron chi connectivity index (χ0n) is 12.2. The van der Waals surface area contributed by atoms with Crippen molar-refractivity contribution in [3.63, 3.8) is 0 Å². The molecule has 0 aliphatic carbocycles. The lowest BCUT2D eigenvalue weighted by atomic mass is 10.1. The van der Waals surface area contributed by atoms with E-state index in [0.717, 1.165) is 6.07 Å². The van der Waals surface area contributed by atoms with Crippen LogP contribution in [-0.4, -0.2) is 45.6 Å². The van der Waals surface area contributed by atoms with Crippen LogP contribution in [0.25, 0.3) is 0 Å². The number of alkyl halides is 3. The summed E-state index contributed by atoms with van der Waals surface area (Å²) < 4.78 is 44.3. The molecule has 4 nitrogen and oxygen atoms in total. The molecular weight excluding hydrogens is 285 g/mol. The van der Waals surface area contributed by atoms with Crippen molar-refractivity contribution in [3.8, 4) is 0 Å². The Kier molecular flexibility index (Phi) is 6.94. The predicted molar refractivity (Wildman–Crippen MR) is 75.4 cm³/mol. The van der Waals surface area contributed by atoms with Crippen molar-refractivity contribution in [1.29, 1.82) is 0 Å². The van der Waals surface area contributed by atoms with Gasteiger partial charge in [-0.3, -0.25) is 0 Å². The number of hydrogen-bond acceptors (Lipinski definition) is 4. The van der Waals surface area contributed by atoms with E-state index in [4.69, 9.17) is 9.84 Å². The monoisotopic (exact) mass is 306 g/mol. The highest BCUT2D eigenvalue weighted by molar-refractivity contribution is 5.52. The lowest BCUT2D eigenvalue weighted by Gasteiger charge is -2.25. The molecule has 0 amide bonds. The third-order valence-electron chi connectivity index (χ3n) is 3.07. The zero-order valence-corrected chi connectivity index (χ0v) is 12.2. The van der Waals surface area contributed by atoms with Gasteiger partial charge in [0.2, 0.25) is 0 Å². The summed E-state index contributed by atoms with van der Waals surface area (Å²) in [7, 11) is 3.12. The fourth-order valence-corrected chi connectivity index (χ4v) is 2.06. The molecule has 0 heterocycles. The van der Waals surface area contributed by atoms with E-state index in [1.54, 1.807) is 18.0 Å². The number of halogens is 3. The zero-order chi connectivity index (χ0) is 15.9. The van der Waals surface area contributed by atoms with Crippen molar-refractivity contribution in [2.45, 2.75) is 12.7 Å². The first-order valence-electron chi connectivity index (χ1n) is 6.63. The average molecular weight is 306 g/mol. The van der Waals surface area contributed by atoms with E-state index in [9.17, 15) is 13.2 Å². The van der Waals surface area contributed by atoms with Gasteiger partial charge in [0.05, 0.1) is 18.8 Å². The summed E-state index contributed by atoms with van der Waals surface area (Å²) in [5.41, 5.74) is -0.0348. The molecule has 2 N–H and O–H groups in total. The molecule has 0 spiro atoms. The number of nitrogens with zero attached hydrogens (tertiary/aromatic N) is 1. The number of aliphatic hydroxyl groups excluding tert-OH is 1. The van der Waals surface area contributed by atoms with Gasteiger partial charge in [0, 0.05) is 32.4 Å². The smallest absolute Gasteiger partial charge is 0.395 e. The molecular formula is C14H21F3N2O2. The maximum absolute atomic E-state index is 13.1. The first-order chi connectivity index (χ1) is 9.93. The Morgan fingerprint density at radius 2 is 2.00 bits per heavy atom. The number of nitrogens with one attached hydrogen (secondary N) is 1. The van der Waals surface area contributed by atoms with Crippen LogP contribution < -0.4 is 10.2 Å². The number of benzene rings is 1. The quantitative estimate of drug-likeness (QED) is 0.770. The number of ether oxygens (including phenoxy) is 1. The molecule has 1 aromatic rings. The van der Waals surface area contributed by atoms with Crippen LogP contribution in [0.2, 0.25) is 0 Å². The van der Waals surface area contributed by atoms with Gasteiger partial charge in [-0.2, -0.15) is 13.2 Å². The molecule has 0 aliphatic rings. The van der Waals surface area contributed by atoms with Crippen LogP contribution >= 0.6 is 0 Å². The first kappa shape index (κ1) is 17.7. The molecule has 1 rings (SSSR count). The summed E-state index contributed by atoms with van der Waals surface area (Å²) in [5.74, 6) is 0. The highest BCUT2D eigenvalue weighted by Gasteiger charge is 2.33. The van der Waals surface area contributed by atoms with Gasteiger partial charge in [-0.05, 0) is 24.7 Å². The number of aliphatic hydroxyl groups is 1. The number of rotatable bonds is 8. The second-order valence-electron chi connectivity index (χ2n) is 4.57. The third-order valence-corrected chi connectivity index (χ3v) is 3.07. The standard InChI is InChI=1S/C14H21F3N2O2/c1-18-10-11-3-4-12(9-13(11)14(15,16)17)19(5-7-20)6-8-21-2/h3-4,9,18,20H,5-8,10H2,1-2H3. The topological polar surface area (TPSA) is 44.7 Å². The summed E-state index contributed by atoms with van der Waals surface area (Å²) in [6, 6.07) is 4.22. The lowest BCUT2D eigenvalue weighted by molar-refractivity contribution is -0.138. The number of hydrogen-bond donors (Lipinski definition) is 2. The van der Waals surface area contributed by atoms with E-state index in [2.05, 4.69) is 5.32 Å². The number of methoxy groups -OCH3 is 1. The van der Waals surface area contributed by atoms with Gasteiger partial charge in [0.1, 0.15) is 0 Å². The van der Waals surface area contributed by atoms with Gasteiger partial charge >= 0.3 is 6.18 Å². The van der Waals surface area contributed by atoms with E-state index < -0.39 is 11.7 Å². The normalized spacial score (nSPS) is 11.7. The van der Waals surface area contributed by atoms with E-state index >= 15 is 0 Å². The fraction of sp³-hybridized carbons (Fsp3) is 0.571. The van der Waals surface area contributed by atoms with E-state index in [1.807, 2.05) is 0 Å². The molecule has 0 fully saturated rings. The highest BCUT2D eigenvalue weighted by atomic mass is 19.4. The molecule has 0 unspecified atom stereocenters. The maximum atomic E-state index is 13.1. The Hall–Kier alpha value is -1.31. The van der Waals surface area contributed by atoms with Crippen LogP contribution in [0.5, 0.6) is 0 Å². The summed E-state index contributed by atoms with van der Waals surface area (Å²) in [4.78, 5) is 1.67. The second kappa shape index (κ2) is 8.21. The van der Waals surface area contributed by atoms with Crippen molar-refractivity contribution in [1.82, 2.24) is 5.32 Å². The van der Waals surface area contributed by atoms with E-state index in [0.29, 0.717) is 18.8 Å². The Morgan fingerprint density at radius 1 is 1.29 bits per heavy atom. The van der Waals surface area contributed by atoms with Crippen LogP contribution in [0.3, 0.4) is 0 Å². The maximum Gasteiger partial charge on any atom is 0.416 e. The van der Waals surface area contributed by atoms with Gasteiger partial charge in [-0.25, -0.2) is 0 Å². The minimum atomic E-state index is -4.41. The third kappa shape index (κ3) is 5.18. The van der Waals surface area contributed by atoms with Crippen molar-refractivity contribution in [3.05, 3.63) is 29.3 Å². The predicted octanol–water partition coefficient (Wildman–Crippen LogP) is 1.87. The van der Waals surface area contributed by atoms with E-state index in [1.165, 1.54) is 13.2 Å². The van der Waals surface area contributed by atoms with Gasteiger partial charge in [-0.1, -0.05) is 6.07 Å². The molecule has 0 radical (unpaired) electrons. The van der Waals surface area contributed by atoms with Crippen molar-refractivity contribution >= 4 is 5.69 Å². The van der Waals surface area contributed by atoms with Gasteiger partial charge in [-0.15, -0.1) is 0 Å². The molecule has 0 saturated heterocycles. The molecule has 0 atom stereocenters. The molecule has 0 aromatic heterocycles. The summed E-state index contributed by atoms with van der Waals surface area (Å²) in [6.45, 7) is 1.06. The molecule has 21 heavy (non-hydrogen) atoms. The van der Waals surface area contributed by atoms with Crippen LogP contribution in [-0.2, 0) is 17.5 Å². The Balaban J connectivity index is 3.11. The molecule has 0 aliphatic heterocycles. The molecule has 0 bridgehead atoms. The van der Waals surface area contributed by atoms with Crippen molar-refractivity contribution in [2.75, 3.05) is 45.4 Å². The van der Waals surface area contributed by atoms with Crippen LogP contribution in [0.1, 0.15) is 11.1 Å². The largest absolute Gasteiger partial charge is 0.416 e. The highest BCUT2D eigenvalue weighted by Crippen LogP contribution is 2.34. The van der Waals surface area contributed by atoms with Gasteiger partial charge in [0.25, 0.3) is 0 Å². The Bertz CT molecular complexity index is 439. The average Bonchev–Trinajstić information content (AvgIpc) is 2.43. The van der Waals surface area contributed by atoms with Crippen LogP contribution in [0.15, 0.2) is 18.2 Å². The fourth-order valence-electron chi connectivity index (χ4n) is 2.06. The summed E-state index contributed by atoms with van der Waals surface area (Å²) >= 11 is 0. The van der Waals surface area contributed by atoms with Crippen molar-refractivity contribution < 1.29 is 23.0 Å². The molecule has 0 saturated carbocycles. The molecule has 7 heteroatoms. The number of anilines is 1. The molecule has 120 valence electrons. The summed E-state index contributed by atoms with van der Waals surface area (Å²) in [5, 5.41) is 11.8. The SMILES string of the molecule is CNCc1ccc(N(CCO)CCOC)cc1C(F)(F)F. The van der Waals surface area contributed by atoms with Gasteiger partial charge in [0.15, 0.2) is 0 Å². The lowest BCUT2D eigenvalue weighted by Crippen LogP contribution is -2.30.